The summed E-state index contributed by atoms with van der Waals surface area (Å²) >= 11 is 0. The molecule has 2 N–H and O–H groups in total. The molecule has 0 saturated carbocycles. The van der Waals surface area contributed by atoms with Crippen molar-refractivity contribution in [3.05, 3.63) is 114 Å². The van der Waals surface area contributed by atoms with Crippen LogP contribution in [0.4, 0.5) is 5.69 Å². The van der Waals surface area contributed by atoms with Gasteiger partial charge in [-0.1, -0.05) is 66.7 Å². The molecule has 0 saturated heterocycles. The summed E-state index contributed by atoms with van der Waals surface area (Å²) in [6.45, 7) is 2.81. The van der Waals surface area contributed by atoms with Gasteiger partial charge >= 0.3 is 0 Å². The van der Waals surface area contributed by atoms with E-state index in [2.05, 4.69) is 51.9 Å². The van der Waals surface area contributed by atoms with Crippen LogP contribution in [0.15, 0.2) is 103 Å². The maximum atomic E-state index is 12.3. The number of hydrogen-bond donors (Lipinski definition) is 2. The maximum Gasteiger partial charge on any atom is 0.251 e. The smallest absolute Gasteiger partial charge is 0.251 e. The number of carbonyl (C=O) groups excluding carboxylic acids is 2. The lowest BCUT2D eigenvalue weighted by molar-refractivity contribution is 0.0945. The standard InChI is InChI=1S/C30H31N3O2/c34-29(25-12-3-1-4-13-25)31-19-9-21-33(28-18-17-24-11-7-8-16-27(24)23-28)22-10-20-32-30(35)26-14-5-2-6-15-26/h1-8,11-18,23H,9-10,19-22H2,(H,31,34)(H,32,35). The molecule has 4 rings (SSSR count). The Morgan fingerprint density at radius 1 is 0.571 bits per heavy atom. The first-order valence-corrected chi connectivity index (χ1v) is 12.1. The zero-order valence-corrected chi connectivity index (χ0v) is 19.8. The van der Waals surface area contributed by atoms with Crippen LogP contribution in [0.5, 0.6) is 0 Å². The Balaban J connectivity index is 1.33. The highest BCUT2D eigenvalue weighted by molar-refractivity contribution is 5.94. The van der Waals surface area contributed by atoms with Gasteiger partial charge in [-0.05, 0) is 60.0 Å². The summed E-state index contributed by atoms with van der Waals surface area (Å²) in [7, 11) is 0. The van der Waals surface area contributed by atoms with Crippen molar-refractivity contribution >= 4 is 28.3 Å². The molecule has 0 spiro atoms. The SMILES string of the molecule is O=C(NCCCN(CCCNC(=O)c1ccccc1)c1ccc2ccccc2c1)c1ccccc1. The number of amides is 2. The Kier molecular flexibility index (Phi) is 8.49. The van der Waals surface area contributed by atoms with Crippen molar-refractivity contribution < 1.29 is 9.59 Å². The molecule has 178 valence electrons. The fraction of sp³-hybridized carbons (Fsp3) is 0.200. The minimum Gasteiger partial charge on any atom is -0.371 e. The van der Waals surface area contributed by atoms with E-state index < -0.39 is 0 Å². The van der Waals surface area contributed by atoms with Crippen molar-refractivity contribution in [3.63, 3.8) is 0 Å². The van der Waals surface area contributed by atoms with Gasteiger partial charge in [0, 0.05) is 43.0 Å². The lowest BCUT2D eigenvalue weighted by Gasteiger charge is -2.25. The van der Waals surface area contributed by atoms with E-state index >= 15 is 0 Å². The van der Waals surface area contributed by atoms with Crippen LogP contribution < -0.4 is 15.5 Å². The van der Waals surface area contributed by atoms with Crippen LogP contribution in [0.2, 0.25) is 0 Å². The Bertz CT molecular complexity index is 1180. The Morgan fingerprint density at radius 3 is 1.60 bits per heavy atom. The molecule has 0 atom stereocenters. The molecule has 35 heavy (non-hydrogen) atoms. The number of benzene rings is 4. The molecule has 0 aliphatic rings. The molecule has 0 bridgehead atoms. The molecule has 0 radical (unpaired) electrons. The molecule has 0 aromatic heterocycles. The third-order valence-electron chi connectivity index (χ3n) is 5.95. The topological polar surface area (TPSA) is 61.4 Å². The fourth-order valence-corrected chi connectivity index (χ4v) is 4.07. The zero-order chi connectivity index (χ0) is 24.3. The number of fused-ring (bicyclic) bond motifs is 1. The normalized spacial score (nSPS) is 10.6. The van der Waals surface area contributed by atoms with Crippen LogP contribution in [0, 0.1) is 0 Å². The van der Waals surface area contributed by atoms with Crippen LogP contribution in [0.25, 0.3) is 10.8 Å². The molecule has 5 nitrogen and oxygen atoms in total. The minimum absolute atomic E-state index is 0.0496. The number of carbonyl (C=O) groups is 2. The van der Waals surface area contributed by atoms with E-state index in [0.29, 0.717) is 24.2 Å². The molecule has 5 heteroatoms. The van der Waals surface area contributed by atoms with Crippen molar-refractivity contribution in [2.24, 2.45) is 0 Å². The number of anilines is 1. The summed E-state index contributed by atoms with van der Waals surface area (Å²) in [6, 6.07) is 33.4. The van der Waals surface area contributed by atoms with Gasteiger partial charge in [0.1, 0.15) is 0 Å². The first-order valence-electron chi connectivity index (χ1n) is 12.1. The van der Waals surface area contributed by atoms with Gasteiger partial charge in [0.15, 0.2) is 0 Å². The summed E-state index contributed by atoms with van der Waals surface area (Å²) in [5, 5.41) is 8.43. The van der Waals surface area contributed by atoms with Gasteiger partial charge in [0.25, 0.3) is 11.8 Å². The zero-order valence-electron chi connectivity index (χ0n) is 19.8. The van der Waals surface area contributed by atoms with Gasteiger partial charge in [-0.2, -0.15) is 0 Å². The highest BCUT2D eigenvalue weighted by Crippen LogP contribution is 2.22. The van der Waals surface area contributed by atoms with Crippen molar-refractivity contribution in [1.82, 2.24) is 10.6 Å². The molecular weight excluding hydrogens is 434 g/mol. The van der Waals surface area contributed by atoms with E-state index in [4.69, 9.17) is 0 Å². The Hall–Kier alpha value is -4.12. The van der Waals surface area contributed by atoms with Gasteiger partial charge < -0.3 is 15.5 Å². The molecule has 4 aromatic carbocycles. The largest absolute Gasteiger partial charge is 0.371 e. The molecular formula is C30H31N3O2. The van der Waals surface area contributed by atoms with Crippen molar-refractivity contribution in [2.75, 3.05) is 31.1 Å². The lowest BCUT2D eigenvalue weighted by atomic mass is 10.1. The number of hydrogen-bond acceptors (Lipinski definition) is 3. The summed E-state index contributed by atoms with van der Waals surface area (Å²) in [5.41, 5.74) is 2.49. The predicted molar refractivity (Wildman–Crippen MR) is 143 cm³/mol. The van der Waals surface area contributed by atoms with Gasteiger partial charge in [0.2, 0.25) is 0 Å². The average molecular weight is 466 g/mol. The second kappa shape index (κ2) is 12.4. The third kappa shape index (κ3) is 6.93. The molecule has 0 fully saturated rings. The molecule has 2 amide bonds. The fourth-order valence-electron chi connectivity index (χ4n) is 4.07. The summed E-state index contributed by atoms with van der Waals surface area (Å²) in [5.74, 6) is -0.0991. The third-order valence-corrected chi connectivity index (χ3v) is 5.95. The lowest BCUT2D eigenvalue weighted by Crippen LogP contribution is -2.32. The van der Waals surface area contributed by atoms with Gasteiger partial charge in [-0.15, -0.1) is 0 Å². The molecule has 0 heterocycles. The Labute approximate surface area is 206 Å². The first-order chi connectivity index (χ1) is 17.2. The number of nitrogens with one attached hydrogen (secondary N) is 2. The molecule has 0 unspecified atom stereocenters. The van der Waals surface area contributed by atoms with E-state index in [1.807, 2.05) is 66.7 Å². The van der Waals surface area contributed by atoms with E-state index in [1.165, 1.54) is 10.8 Å². The minimum atomic E-state index is -0.0496. The maximum absolute atomic E-state index is 12.3. The van der Waals surface area contributed by atoms with E-state index in [0.717, 1.165) is 31.6 Å². The van der Waals surface area contributed by atoms with Crippen LogP contribution in [0.3, 0.4) is 0 Å². The van der Waals surface area contributed by atoms with Crippen LogP contribution in [-0.2, 0) is 0 Å². The molecule has 0 aliphatic carbocycles. The second-order valence-corrected chi connectivity index (χ2v) is 8.47. The summed E-state index contributed by atoms with van der Waals surface area (Å²) in [6.07, 6.45) is 1.64. The van der Waals surface area contributed by atoms with E-state index in [-0.39, 0.29) is 11.8 Å². The summed E-state index contributed by atoms with van der Waals surface area (Å²) in [4.78, 5) is 27.0. The highest BCUT2D eigenvalue weighted by Gasteiger charge is 2.10. The van der Waals surface area contributed by atoms with Gasteiger partial charge in [-0.25, -0.2) is 0 Å². The van der Waals surface area contributed by atoms with Gasteiger partial charge in [0.05, 0.1) is 0 Å². The van der Waals surface area contributed by atoms with Crippen LogP contribution in [-0.4, -0.2) is 38.0 Å². The second-order valence-electron chi connectivity index (χ2n) is 8.47. The Morgan fingerprint density at radius 2 is 1.06 bits per heavy atom. The monoisotopic (exact) mass is 465 g/mol. The predicted octanol–water partition coefficient (Wildman–Crippen LogP) is 5.29. The van der Waals surface area contributed by atoms with Crippen LogP contribution >= 0.6 is 0 Å². The highest BCUT2D eigenvalue weighted by atomic mass is 16.2. The van der Waals surface area contributed by atoms with E-state index in [1.54, 1.807) is 0 Å². The number of nitrogens with zero attached hydrogens (tertiary/aromatic N) is 1. The summed E-state index contributed by atoms with van der Waals surface area (Å²) < 4.78 is 0. The van der Waals surface area contributed by atoms with Crippen molar-refractivity contribution in [3.8, 4) is 0 Å². The van der Waals surface area contributed by atoms with Crippen LogP contribution in [0.1, 0.15) is 33.6 Å². The quantitative estimate of drug-likeness (QED) is 0.296. The van der Waals surface area contributed by atoms with Crippen molar-refractivity contribution in [2.45, 2.75) is 12.8 Å². The molecule has 4 aromatic rings. The van der Waals surface area contributed by atoms with Gasteiger partial charge in [-0.3, -0.25) is 9.59 Å². The molecule has 0 aliphatic heterocycles. The van der Waals surface area contributed by atoms with Crippen molar-refractivity contribution in [1.29, 1.82) is 0 Å². The number of rotatable bonds is 11. The van der Waals surface area contributed by atoms with E-state index in [9.17, 15) is 9.59 Å². The average Bonchev–Trinajstić information content (AvgIpc) is 2.92. The first kappa shape index (κ1) is 24.0.